The minimum atomic E-state index is -1.04. The number of aromatic nitrogens is 2. The molecule has 0 aliphatic heterocycles. The van der Waals surface area contributed by atoms with Gasteiger partial charge in [-0.25, -0.2) is 4.79 Å². The predicted molar refractivity (Wildman–Crippen MR) is 80.9 cm³/mol. The van der Waals surface area contributed by atoms with Crippen molar-refractivity contribution in [3.63, 3.8) is 0 Å². The first-order valence-corrected chi connectivity index (χ1v) is 6.65. The van der Waals surface area contributed by atoms with Crippen LogP contribution in [0, 0.1) is 0 Å². The lowest BCUT2D eigenvalue weighted by atomic mass is 10.0. The second-order valence-corrected chi connectivity index (χ2v) is 4.99. The van der Waals surface area contributed by atoms with Crippen LogP contribution in [0.5, 0.6) is 0 Å². The number of aromatic amines is 1. The van der Waals surface area contributed by atoms with Crippen LogP contribution < -0.4 is 11.2 Å². The Bertz CT molecular complexity index is 1010. The molecule has 6 nitrogen and oxygen atoms in total. The van der Waals surface area contributed by atoms with Gasteiger partial charge in [-0.05, 0) is 12.1 Å². The Morgan fingerprint density at radius 1 is 1.09 bits per heavy atom. The van der Waals surface area contributed by atoms with Gasteiger partial charge >= 0.3 is 5.69 Å². The molecule has 3 aromatic rings. The number of nitrogens with zero attached hydrogens (tertiary/aromatic N) is 1. The number of nitrogens with one attached hydrogen (secondary N) is 1. The van der Waals surface area contributed by atoms with E-state index in [1.165, 1.54) is 12.1 Å². The first-order chi connectivity index (χ1) is 10.5. The number of hydrogen-bond acceptors (Lipinski definition) is 4. The molecule has 7 heteroatoms. The molecule has 0 amide bonds. The van der Waals surface area contributed by atoms with E-state index in [1.807, 2.05) is 0 Å². The van der Waals surface area contributed by atoms with Gasteiger partial charge in [0.25, 0.3) is 5.56 Å². The third-order valence-electron chi connectivity index (χ3n) is 3.27. The highest BCUT2D eigenvalue weighted by Gasteiger charge is 2.18. The summed E-state index contributed by atoms with van der Waals surface area (Å²) in [5.74, 6) is -0.368. The van der Waals surface area contributed by atoms with Crippen molar-refractivity contribution in [1.29, 1.82) is 0 Å². The van der Waals surface area contributed by atoms with Gasteiger partial charge in [0.1, 0.15) is 0 Å². The van der Waals surface area contributed by atoms with E-state index in [4.69, 9.17) is 11.6 Å². The first kappa shape index (κ1) is 14.1. The largest absolute Gasteiger partial charge is 0.421 e. The molecular weight excluding hydrogens is 308 g/mol. The maximum absolute atomic E-state index is 12.5. The van der Waals surface area contributed by atoms with Crippen LogP contribution in [0.15, 0.2) is 52.1 Å². The van der Waals surface area contributed by atoms with Gasteiger partial charge in [-0.3, -0.25) is 9.59 Å². The zero-order valence-electron chi connectivity index (χ0n) is 11.0. The molecule has 0 unspecified atom stereocenters. The molecule has 1 aromatic heterocycles. The number of fused-ring (bicyclic) bond motifs is 1. The normalized spacial score (nSPS) is 10.8. The number of carbonyl (C=O) groups excluding carboxylic acids is 1. The molecule has 0 aliphatic carbocycles. The first-order valence-electron chi connectivity index (χ1n) is 6.27. The molecule has 3 rings (SSSR count). The number of ketones is 1. The third kappa shape index (κ3) is 2.10. The van der Waals surface area contributed by atoms with Crippen LogP contribution in [0.1, 0.15) is 15.9 Å². The second-order valence-electron chi connectivity index (χ2n) is 4.59. The highest BCUT2D eigenvalue weighted by molar-refractivity contribution is 6.36. The van der Waals surface area contributed by atoms with Gasteiger partial charge in [-0.2, -0.15) is 0 Å². The summed E-state index contributed by atoms with van der Waals surface area (Å²) in [6, 6.07) is 11.2. The maximum atomic E-state index is 12.5. The van der Waals surface area contributed by atoms with E-state index in [0.29, 0.717) is 5.56 Å². The number of carbonyl (C=O) groups is 1. The number of benzene rings is 2. The Morgan fingerprint density at radius 3 is 2.45 bits per heavy atom. The number of halogens is 1. The zero-order chi connectivity index (χ0) is 15.9. The molecule has 1 heterocycles. The SMILES string of the molecule is O=C(c1ccccc1)c1ccc(Cl)c2c(=O)n(O)c(=O)[nH]c12. The van der Waals surface area contributed by atoms with Crippen LogP contribution in [0.3, 0.4) is 0 Å². The van der Waals surface area contributed by atoms with E-state index in [2.05, 4.69) is 4.98 Å². The third-order valence-corrected chi connectivity index (χ3v) is 3.58. The fraction of sp³-hybridized carbons (Fsp3) is 0. The summed E-state index contributed by atoms with van der Waals surface area (Å²) in [5.41, 5.74) is -1.49. The lowest BCUT2D eigenvalue weighted by Crippen LogP contribution is -2.33. The van der Waals surface area contributed by atoms with Crippen molar-refractivity contribution < 1.29 is 10.0 Å². The summed E-state index contributed by atoms with van der Waals surface area (Å²) < 4.78 is -0.0784. The highest BCUT2D eigenvalue weighted by Crippen LogP contribution is 2.23. The van der Waals surface area contributed by atoms with Gasteiger partial charge in [0.05, 0.1) is 15.9 Å². The molecule has 0 saturated heterocycles. The van der Waals surface area contributed by atoms with Crippen molar-refractivity contribution in [2.75, 3.05) is 0 Å². The van der Waals surface area contributed by atoms with Gasteiger partial charge in [-0.15, -0.1) is 0 Å². The molecule has 2 N–H and O–H groups in total. The lowest BCUT2D eigenvalue weighted by molar-refractivity contribution is 0.104. The van der Waals surface area contributed by atoms with Crippen molar-refractivity contribution >= 4 is 28.3 Å². The predicted octanol–water partition coefficient (Wildman–Crippen LogP) is 1.81. The Kier molecular flexibility index (Phi) is 3.30. The number of H-pyrrole nitrogens is 1. The summed E-state index contributed by atoms with van der Waals surface area (Å²) >= 11 is 5.95. The maximum Gasteiger partial charge on any atom is 0.362 e. The van der Waals surface area contributed by atoms with Gasteiger partial charge in [0.15, 0.2) is 5.78 Å². The van der Waals surface area contributed by atoms with E-state index in [1.54, 1.807) is 30.3 Å². The topological polar surface area (TPSA) is 92.2 Å². The van der Waals surface area contributed by atoms with E-state index in [9.17, 15) is 19.6 Å². The van der Waals surface area contributed by atoms with Crippen LogP contribution in [-0.2, 0) is 0 Å². The Balaban J connectivity index is 2.38. The van der Waals surface area contributed by atoms with Crippen molar-refractivity contribution in [3.05, 3.63) is 79.5 Å². The molecule has 0 bridgehead atoms. The molecular formula is C15H9ClN2O4. The Morgan fingerprint density at radius 2 is 1.77 bits per heavy atom. The number of hydrogen-bond donors (Lipinski definition) is 2. The minimum Gasteiger partial charge on any atom is -0.421 e. The standard InChI is InChI=1S/C15H9ClN2O4/c16-10-7-6-9(13(19)8-4-2-1-3-5-8)12-11(10)14(20)18(22)15(21)17-12/h1-7,22H,(H,17,21). The summed E-state index contributed by atoms with van der Waals surface area (Å²) in [4.78, 5) is 38.4. The average Bonchev–Trinajstić information content (AvgIpc) is 2.53. The van der Waals surface area contributed by atoms with Crippen LogP contribution in [0.4, 0.5) is 0 Å². The summed E-state index contributed by atoms with van der Waals surface area (Å²) in [6.45, 7) is 0. The molecule has 0 aliphatic rings. The van der Waals surface area contributed by atoms with E-state index >= 15 is 0 Å². The smallest absolute Gasteiger partial charge is 0.362 e. The monoisotopic (exact) mass is 316 g/mol. The fourth-order valence-corrected chi connectivity index (χ4v) is 2.45. The Hall–Kier alpha value is -2.86. The van der Waals surface area contributed by atoms with E-state index < -0.39 is 11.2 Å². The molecule has 110 valence electrons. The zero-order valence-corrected chi connectivity index (χ0v) is 11.8. The summed E-state index contributed by atoms with van der Waals surface area (Å²) in [6.07, 6.45) is 0. The Labute approximate surface area is 128 Å². The van der Waals surface area contributed by atoms with E-state index in [-0.39, 0.29) is 32.0 Å². The molecule has 22 heavy (non-hydrogen) atoms. The van der Waals surface area contributed by atoms with Crippen LogP contribution in [0.2, 0.25) is 5.02 Å². The lowest BCUT2D eigenvalue weighted by Gasteiger charge is -2.07. The molecule has 2 aromatic carbocycles. The van der Waals surface area contributed by atoms with Crippen molar-refractivity contribution in [1.82, 2.24) is 9.71 Å². The minimum absolute atomic E-state index is 0.00153. The van der Waals surface area contributed by atoms with Crippen molar-refractivity contribution in [2.24, 2.45) is 0 Å². The van der Waals surface area contributed by atoms with Gasteiger partial charge < -0.3 is 10.2 Å². The average molecular weight is 317 g/mol. The summed E-state index contributed by atoms with van der Waals surface area (Å²) in [5, 5.41) is 9.30. The molecule has 0 saturated carbocycles. The summed E-state index contributed by atoms with van der Waals surface area (Å²) in [7, 11) is 0. The van der Waals surface area contributed by atoms with Crippen LogP contribution in [-0.4, -0.2) is 20.7 Å². The van der Waals surface area contributed by atoms with E-state index in [0.717, 1.165) is 0 Å². The van der Waals surface area contributed by atoms with Crippen molar-refractivity contribution in [2.45, 2.75) is 0 Å². The second kappa shape index (κ2) is 5.16. The quantitative estimate of drug-likeness (QED) is 0.557. The van der Waals surface area contributed by atoms with Gasteiger partial charge in [0, 0.05) is 11.1 Å². The molecule has 0 atom stereocenters. The molecule has 0 radical (unpaired) electrons. The molecule has 0 spiro atoms. The molecule has 0 fully saturated rings. The highest BCUT2D eigenvalue weighted by atomic mass is 35.5. The number of rotatable bonds is 2. The van der Waals surface area contributed by atoms with Crippen LogP contribution in [0.25, 0.3) is 10.9 Å². The van der Waals surface area contributed by atoms with Gasteiger partial charge in [-0.1, -0.05) is 46.7 Å². The van der Waals surface area contributed by atoms with Gasteiger partial charge in [0.2, 0.25) is 0 Å². The van der Waals surface area contributed by atoms with Crippen LogP contribution >= 0.6 is 11.6 Å². The fourth-order valence-electron chi connectivity index (χ4n) is 2.21. The van der Waals surface area contributed by atoms with Crippen molar-refractivity contribution in [3.8, 4) is 0 Å².